The lowest BCUT2D eigenvalue weighted by atomic mass is 9.89. The van der Waals surface area contributed by atoms with Gasteiger partial charge in [-0.1, -0.05) is 6.07 Å². The first kappa shape index (κ1) is 16.1. The number of likely N-dealkylation sites (tertiary alicyclic amines) is 1. The van der Waals surface area contributed by atoms with Gasteiger partial charge in [-0.2, -0.15) is 0 Å². The summed E-state index contributed by atoms with van der Waals surface area (Å²) in [6, 6.07) is 5.36. The van der Waals surface area contributed by atoms with Crippen molar-refractivity contribution in [2.45, 2.75) is 19.8 Å². The van der Waals surface area contributed by atoms with Crippen LogP contribution in [-0.2, 0) is 16.0 Å². The minimum absolute atomic E-state index is 0.0339. The van der Waals surface area contributed by atoms with Gasteiger partial charge in [-0.15, -0.1) is 0 Å². The number of methoxy groups -OCH3 is 2. The molecule has 2 amide bonds. The number of hydrogen-bond donors (Lipinski definition) is 1. The summed E-state index contributed by atoms with van der Waals surface area (Å²) >= 11 is 0. The molecule has 120 valence electrons. The quantitative estimate of drug-likeness (QED) is 0.879. The highest BCUT2D eigenvalue weighted by Gasteiger charge is 2.40. The molecule has 0 bridgehead atoms. The van der Waals surface area contributed by atoms with Crippen LogP contribution in [0.15, 0.2) is 18.2 Å². The Morgan fingerprint density at radius 3 is 2.59 bits per heavy atom. The van der Waals surface area contributed by atoms with E-state index in [-0.39, 0.29) is 18.2 Å². The first-order valence-electron chi connectivity index (χ1n) is 7.18. The minimum atomic E-state index is -0.625. The Labute approximate surface area is 130 Å². The van der Waals surface area contributed by atoms with Gasteiger partial charge in [0.05, 0.1) is 26.1 Å². The maximum absolute atomic E-state index is 12.4. The number of hydrogen-bond acceptors (Lipinski definition) is 4. The molecular formula is C16H22N2O4. The maximum atomic E-state index is 12.4. The molecule has 0 spiro atoms. The zero-order valence-electron chi connectivity index (χ0n) is 13.2. The van der Waals surface area contributed by atoms with E-state index in [0.717, 1.165) is 5.56 Å². The third kappa shape index (κ3) is 3.16. The molecule has 6 heteroatoms. The fourth-order valence-electron chi connectivity index (χ4n) is 2.65. The molecule has 0 aromatic heterocycles. The largest absolute Gasteiger partial charge is 0.497 e. The van der Waals surface area contributed by atoms with Crippen molar-refractivity contribution in [1.82, 2.24) is 4.90 Å². The number of benzene rings is 1. The molecule has 1 aliphatic rings. The molecule has 2 rings (SSSR count). The van der Waals surface area contributed by atoms with Gasteiger partial charge >= 0.3 is 0 Å². The molecule has 0 aliphatic carbocycles. The molecule has 22 heavy (non-hydrogen) atoms. The fourth-order valence-corrected chi connectivity index (χ4v) is 2.65. The lowest BCUT2D eigenvalue weighted by Crippen LogP contribution is -2.39. The highest BCUT2D eigenvalue weighted by Crippen LogP contribution is 2.31. The zero-order chi connectivity index (χ0) is 16.3. The highest BCUT2D eigenvalue weighted by molar-refractivity contribution is 5.84. The summed E-state index contributed by atoms with van der Waals surface area (Å²) in [4.78, 5) is 25.6. The van der Waals surface area contributed by atoms with Crippen molar-refractivity contribution in [3.63, 3.8) is 0 Å². The Morgan fingerprint density at radius 2 is 2.05 bits per heavy atom. The van der Waals surface area contributed by atoms with Gasteiger partial charge in [0.15, 0.2) is 0 Å². The third-order valence-electron chi connectivity index (χ3n) is 4.26. The van der Waals surface area contributed by atoms with Gasteiger partial charge in [0.25, 0.3) is 0 Å². The molecule has 1 aliphatic heterocycles. The second kappa shape index (κ2) is 6.25. The van der Waals surface area contributed by atoms with Crippen LogP contribution < -0.4 is 15.2 Å². The Morgan fingerprint density at radius 1 is 1.32 bits per heavy atom. The molecule has 6 nitrogen and oxygen atoms in total. The van der Waals surface area contributed by atoms with E-state index in [2.05, 4.69) is 0 Å². The number of primary amides is 1. The summed E-state index contributed by atoms with van der Waals surface area (Å²) in [6.07, 6.45) is 0.829. The molecule has 1 aromatic rings. The van der Waals surface area contributed by atoms with E-state index < -0.39 is 5.41 Å². The highest BCUT2D eigenvalue weighted by atomic mass is 16.5. The van der Waals surface area contributed by atoms with E-state index in [1.54, 1.807) is 38.2 Å². The van der Waals surface area contributed by atoms with Crippen LogP contribution >= 0.6 is 0 Å². The summed E-state index contributed by atoms with van der Waals surface area (Å²) in [5.74, 6) is 0.901. The molecule has 0 radical (unpaired) electrons. The summed E-state index contributed by atoms with van der Waals surface area (Å²) in [5.41, 5.74) is 5.58. The summed E-state index contributed by atoms with van der Waals surface area (Å²) in [6.45, 7) is 2.73. The molecule has 1 atom stereocenters. The maximum Gasteiger partial charge on any atom is 0.227 e. The van der Waals surface area contributed by atoms with Gasteiger partial charge in [-0.05, 0) is 19.4 Å². The normalized spacial score (nSPS) is 20.8. The van der Waals surface area contributed by atoms with Gasteiger partial charge < -0.3 is 20.1 Å². The van der Waals surface area contributed by atoms with Crippen LogP contribution in [0.25, 0.3) is 0 Å². The van der Waals surface area contributed by atoms with E-state index in [9.17, 15) is 9.59 Å². The topological polar surface area (TPSA) is 81.9 Å². The van der Waals surface area contributed by atoms with Crippen molar-refractivity contribution in [1.29, 1.82) is 0 Å². The van der Waals surface area contributed by atoms with Crippen LogP contribution in [0.1, 0.15) is 18.9 Å². The van der Waals surface area contributed by atoms with Crippen LogP contribution in [0.3, 0.4) is 0 Å². The zero-order valence-corrected chi connectivity index (χ0v) is 13.2. The van der Waals surface area contributed by atoms with Gasteiger partial charge in [0, 0.05) is 24.7 Å². The van der Waals surface area contributed by atoms with Crippen LogP contribution in [0.5, 0.6) is 11.5 Å². The predicted molar refractivity (Wildman–Crippen MR) is 81.7 cm³/mol. The first-order valence-corrected chi connectivity index (χ1v) is 7.18. The van der Waals surface area contributed by atoms with Crippen molar-refractivity contribution in [2.75, 3.05) is 27.3 Å². The standard InChI is InChI=1S/C16H22N2O4/c1-16(15(17)20)6-7-18(10-16)14(19)8-11-4-5-12(21-2)9-13(11)22-3/h4-5,9H,6-8,10H2,1-3H3,(H2,17,20). The number of rotatable bonds is 5. The van der Waals surface area contributed by atoms with Gasteiger partial charge in [-0.3, -0.25) is 9.59 Å². The fraction of sp³-hybridized carbons (Fsp3) is 0.500. The second-order valence-electron chi connectivity index (χ2n) is 5.84. The van der Waals surface area contributed by atoms with Crippen LogP contribution in [0.2, 0.25) is 0 Å². The number of ether oxygens (including phenoxy) is 2. The van der Waals surface area contributed by atoms with Crippen molar-refractivity contribution < 1.29 is 19.1 Å². The van der Waals surface area contributed by atoms with Gasteiger partial charge in [0.1, 0.15) is 11.5 Å². The molecule has 2 N–H and O–H groups in total. The smallest absolute Gasteiger partial charge is 0.227 e. The number of carbonyl (C=O) groups excluding carboxylic acids is 2. The monoisotopic (exact) mass is 306 g/mol. The summed E-state index contributed by atoms with van der Waals surface area (Å²) in [7, 11) is 3.14. The Kier molecular flexibility index (Phi) is 4.59. The molecule has 1 heterocycles. The third-order valence-corrected chi connectivity index (χ3v) is 4.26. The predicted octanol–water partition coefficient (Wildman–Crippen LogP) is 0.970. The number of carbonyl (C=O) groups is 2. The molecule has 1 unspecified atom stereocenters. The Balaban J connectivity index is 2.09. The Hall–Kier alpha value is -2.24. The van der Waals surface area contributed by atoms with E-state index in [0.29, 0.717) is 31.0 Å². The van der Waals surface area contributed by atoms with Crippen LogP contribution in [0, 0.1) is 5.41 Å². The average Bonchev–Trinajstić information content (AvgIpc) is 2.91. The van der Waals surface area contributed by atoms with E-state index in [1.807, 2.05) is 6.07 Å². The first-order chi connectivity index (χ1) is 10.4. The summed E-state index contributed by atoms with van der Waals surface area (Å²) in [5, 5.41) is 0. The SMILES string of the molecule is COc1ccc(CC(=O)N2CCC(C)(C(N)=O)C2)c(OC)c1. The lowest BCUT2D eigenvalue weighted by Gasteiger charge is -2.21. The summed E-state index contributed by atoms with van der Waals surface area (Å²) < 4.78 is 10.4. The average molecular weight is 306 g/mol. The molecular weight excluding hydrogens is 284 g/mol. The van der Waals surface area contributed by atoms with Crippen LogP contribution in [-0.4, -0.2) is 44.0 Å². The van der Waals surface area contributed by atoms with E-state index >= 15 is 0 Å². The molecule has 1 fully saturated rings. The van der Waals surface area contributed by atoms with Gasteiger partial charge in [-0.25, -0.2) is 0 Å². The van der Waals surface area contributed by atoms with Crippen molar-refractivity contribution in [3.8, 4) is 11.5 Å². The molecule has 0 saturated carbocycles. The molecule has 1 saturated heterocycles. The lowest BCUT2D eigenvalue weighted by molar-refractivity contribution is -0.131. The van der Waals surface area contributed by atoms with Crippen LogP contribution in [0.4, 0.5) is 0 Å². The number of nitrogens with zero attached hydrogens (tertiary/aromatic N) is 1. The minimum Gasteiger partial charge on any atom is -0.497 e. The van der Waals surface area contributed by atoms with Gasteiger partial charge in [0.2, 0.25) is 11.8 Å². The molecule has 1 aromatic carbocycles. The van der Waals surface area contributed by atoms with E-state index in [1.165, 1.54) is 0 Å². The van der Waals surface area contributed by atoms with Crippen molar-refractivity contribution in [2.24, 2.45) is 11.1 Å². The second-order valence-corrected chi connectivity index (χ2v) is 5.84. The van der Waals surface area contributed by atoms with Crippen molar-refractivity contribution >= 4 is 11.8 Å². The van der Waals surface area contributed by atoms with E-state index in [4.69, 9.17) is 15.2 Å². The number of amides is 2. The number of nitrogens with two attached hydrogens (primary N) is 1. The Bertz CT molecular complexity index is 588. The van der Waals surface area contributed by atoms with Crippen molar-refractivity contribution in [3.05, 3.63) is 23.8 Å².